The first kappa shape index (κ1) is 37.6. The molecule has 5 rings (SSSR count). The van der Waals surface area contributed by atoms with Crippen LogP contribution in [0.25, 0.3) is 0 Å². The molecule has 6 nitrogen and oxygen atoms in total. The van der Waals surface area contributed by atoms with E-state index in [2.05, 4.69) is 75.6 Å². The van der Waals surface area contributed by atoms with Gasteiger partial charge in [0.25, 0.3) is 0 Å². The Morgan fingerprint density at radius 3 is 1.30 bits per heavy atom. The number of rotatable bonds is 8. The minimum absolute atomic E-state index is 0. The second-order valence-corrected chi connectivity index (χ2v) is 16.3. The number of hydrogen-bond acceptors (Lipinski definition) is 6. The summed E-state index contributed by atoms with van der Waals surface area (Å²) in [5.41, 5.74) is 5.39. The molecule has 2 aromatic carbocycles. The van der Waals surface area contributed by atoms with E-state index >= 15 is 0 Å². The van der Waals surface area contributed by atoms with E-state index in [1.165, 1.54) is 49.7 Å². The first-order chi connectivity index (χ1) is 21.9. The maximum absolute atomic E-state index is 13.7. The molecule has 2 aromatic rings. The van der Waals surface area contributed by atoms with E-state index in [0.29, 0.717) is 24.2 Å². The molecule has 0 N–H and O–H groups in total. The Hall–Kier alpha value is -2.19. The van der Waals surface area contributed by atoms with Crippen molar-refractivity contribution in [2.24, 2.45) is 9.98 Å². The Kier molecular flexibility index (Phi) is 13.2. The second kappa shape index (κ2) is 16.5. The van der Waals surface area contributed by atoms with Gasteiger partial charge in [-0.1, -0.05) is 103 Å². The van der Waals surface area contributed by atoms with E-state index in [1.807, 2.05) is 12.4 Å². The molecule has 3 fully saturated rings. The molecule has 2 heterocycles. The van der Waals surface area contributed by atoms with Gasteiger partial charge in [0.15, 0.2) is 0 Å². The number of hydrogen-bond donors (Lipinski definition) is 0. The van der Waals surface area contributed by atoms with Crippen LogP contribution in [0.5, 0.6) is 11.5 Å². The number of likely N-dealkylation sites (tertiary alicyclic amines) is 2. The predicted octanol–water partition coefficient (Wildman–Crippen LogP) is 7.25. The Bertz CT molecular complexity index is 1270. The van der Waals surface area contributed by atoms with E-state index in [0.717, 1.165) is 63.0 Å². The third-order valence-electron chi connectivity index (χ3n) is 10.3. The molecule has 1 saturated carbocycles. The van der Waals surface area contributed by atoms with Crippen LogP contribution in [0, 0.1) is 0 Å². The summed E-state index contributed by atoms with van der Waals surface area (Å²) < 4.78 is 0. The zero-order valence-electron chi connectivity index (χ0n) is 29.9. The molecule has 2 saturated heterocycles. The van der Waals surface area contributed by atoms with Gasteiger partial charge in [-0.15, -0.1) is 0 Å². The molecule has 47 heavy (non-hydrogen) atoms. The first-order valence-corrected chi connectivity index (χ1v) is 18.1. The fraction of sp³-hybridized carbons (Fsp3) is 0.650. The number of piperidine rings is 2. The monoisotopic (exact) mass is 685 g/mol. The number of aliphatic imine (C=N–C) groups is 2. The fourth-order valence-corrected chi connectivity index (χ4v) is 7.23. The Labute approximate surface area is 295 Å². The molecule has 1 radical (unpaired) electrons. The molecule has 259 valence electrons. The molecule has 0 aromatic heterocycles. The summed E-state index contributed by atoms with van der Waals surface area (Å²) in [6.07, 6.45) is 15.2. The Balaban J connectivity index is 0.00000500. The number of nitrogens with zero attached hydrogens (tertiary/aromatic N) is 4. The van der Waals surface area contributed by atoms with Gasteiger partial charge in [-0.2, -0.15) is 0 Å². The van der Waals surface area contributed by atoms with Gasteiger partial charge in [-0.05, 0) is 109 Å². The van der Waals surface area contributed by atoms with Gasteiger partial charge >= 0.3 is 16.8 Å². The van der Waals surface area contributed by atoms with Crippen LogP contribution in [0.3, 0.4) is 0 Å². The van der Waals surface area contributed by atoms with Crippen molar-refractivity contribution in [1.29, 1.82) is 0 Å². The zero-order valence-corrected chi connectivity index (χ0v) is 30.9. The third-order valence-corrected chi connectivity index (χ3v) is 10.3. The van der Waals surface area contributed by atoms with Crippen molar-refractivity contribution in [2.45, 2.75) is 142 Å². The SMILES string of the molecule is CC(C)(C)c1cc(C=N[C@@H]2CCCC[C@H]2N=Cc2cc(C(C)(C)C)cc(CN3CCCCC3)c2[O-])c([O-])c(CN2CCCCC2)c1.[Co+2]. The molecule has 0 unspecified atom stereocenters. The topological polar surface area (TPSA) is 77.3 Å². The van der Waals surface area contributed by atoms with Crippen molar-refractivity contribution in [3.63, 3.8) is 0 Å². The second-order valence-electron chi connectivity index (χ2n) is 16.3. The van der Waals surface area contributed by atoms with Crippen LogP contribution in [0.4, 0.5) is 0 Å². The normalized spacial score (nSPS) is 22.2. The fourth-order valence-electron chi connectivity index (χ4n) is 7.23. The quantitative estimate of drug-likeness (QED) is 0.275. The van der Waals surface area contributed by atoms with Crippen molar-refractivity contribution in [2.75, 3.05) is 26.2 Å². The zero-order chi connectivity index (χ0) is 32.9. The van der Waals surface area contributed by atoms with E-state index < -0.39 is 0 Å². The summed E-state index contributed by atoms with van der Waals surface area (Å²) in [6.45, 7) is 18.9. The van der Waals surface area contributed by atoms with Crippen LogP contribution in [0.1, 0.15) is 139 Å². The summed E-state index contributed by atoms with van der Waals surface area (Å²) >= 11 is 0. The van der Waals surface area contributed by atoms with Crippen LogP contribution in [0.15, 0.2) is 34.3 Å². The molecule has 7 heteroatoms. The summed E-state index contributed by atoms with van der Waals surface area (Å²) in [5, 5.41) is 27.5. The van der Waals surface area contributed by atoms with E-state index in [4.69, 9.17) is 9.98 Å². The van der Waals surface area contributed by atoms with Crippen LogP contribution < -0.4 is 10.2 Å². The van der Waals surface area contributed by atoms with Crippen molar-refractivity contribution < 1.29 is 27.0 Å². The van der Waals surface area contributed by atoms with Crippen molar-refractivity contribution in [1.82, 2.24) is 9.80 Å². The average Bonchev–Trinajstić information content (AvgIpc) is 3.02. The van der Waals surface area contributed by atoms with Crippen LogP contribution >= 0.6 is 0 Å². The van der Waals surface area contributed by atoms with E-state index in [1.54, 1.807) is 0 Å². The van der Waals surface area contributed by atoms with E-state index in [9.17, 15) is 10.2 Å². The summed E-state index contributed by atoms with van der Waals surface area (Å²) in [4.78, 5) is 15.0. The summed E-state index contributed by atoms with van der Waals surface area (Å²) in [5.74, 6) is 0.212. The van der Waals surface area contributed by atoms with Crippen molar-refractivity contribution >= 4 is 12.4 Å². The van der Waals surface area contributed by atoms with Gasteiger partial charge in [0.1, 0.15) is 0 Å². The molecule has 2 atom stereocenters. The van der Waals surface area contributed by atoms with Gasteiger partial charge in [0, 0.05) is 25.5 Å². The molecular formula is C40H58CoN4O2. The molecule has 2 aliphatic heterocycles. The van der Waals surface area contributed by atoms with Gasteiger partial charge in [-0.25, -0.2) is 0 Å². The van der Waals surface area contributed by atoms with Crippen molar-refractivity contribution in [3.8, 4) is 11.5 Å². The van der Waals surface area contributed by atoms with Crippen LogP contribution in [-0.2, 0) is 40.7 Å². The predicted molar refractivity (Wildman–Crippen MR) is 189 cm³/mol. The molecular weight excluding hydrogens is 627 g/mol. The molecule has 3 aliphatic rings. The van der Waals surface area contributed by atoms with E-state index in [-0.39, 0.29) is 51.2 Å². The van der Waals surface area contributed by atoms with Crippen LogP contribution in [0.2, 0.25) is 0 Å². The maximum atomic E-state index is 13.7. The maximum Gasteiger partial charge on any atom is 2.00 e. The Morgan fingerprint density at radius 1 is 0.596 bits per heavy atom. The standard InChI is InChI=1S/C40H60N4O2.Co/c1-39(2,3)33-21-29(37(45)31(23-33)27-43-17-11-7-12-18-43)25-41-35-15-9-10-16-36(35)42-26-30-22-34(40(4,5)6)24-32(38(30)46)28-44-19-13-8-14-20-44;/h21-26,35-36,45-46H,7-20,27-28H2,1-6H3;/q;+2/p-2/t35-,36-;/m1./s1. The summed E-state index contributed by atoms with van der Waals surface area (Å²) in [7, 11) is 0. The molecule has 0 amide bonds. The molecule has 1 aliphatic carbocycles. The van der Waals surface area contributed by atoms with Gasteiger partial charge in [0.2, 0.25) is 0 Å². The number of benzene rings is 2. The smallest absolute Gasteiger partial charge is 0.872 e. The minimum Gasteiger partial charge on any atom is -0.872 e. The first-order valence-electron chi connectivity index (χ1n) is 18.1. The molecule has 0 bridgehead atoms. The van der Waals surface area contributed by atoms with Crippen molar-refractivity contribution in [3.05, 3.63) is 57.6 Å². The largest absolute Gasteiger partial charge is 2.00 e. The third kappa shape index (κ3) is 10.2. The molecule has 0 spiro atoms. The minimum atomic E-state index is -0.0604. The summed E-state index contributed by atoms with van der Waals surface area (Å²) in [6, 6.07) is 8.38. The average molecular weight is 686 g/mol. The Morgan fingerprint density at radius 2 is 0.957 bits per heavy atom. The van der Waals surface area contributed by atoms with Gasteiger partial charge < -0.3 is 10.2 Å². The van der Waals surface area contributed by atoms with Gasteiger partial charge in [-0.3, -0.25) is 19.8 Å². The van der Waals surface area contributed by atoms with Gasteiger partial charge in [0.05, 0.1) is 12.1 Å². The van der Waals surface area contributed by atoms with Crippen LogP contribution in [-0.4, -0.2) is 60.5 Å².